The molecular formula is C13H12ClN3O. The minimum Gasteiger partial charge on any atom is -0.398 e. The number of rotatable bonds is 2. The van der Waals surface area contributed by atoms with Crippen LogP contribution in [0.4, 0.5) is 11.5 Å². The molecule has 0 aliphatic carbocycles. The van der Waals surface area contributed by atoms with Gasteiger partial charge in [0, 0.05) is 11.9 Å². The van der Waals surface area contributed by atoms with Crippen LogP contribution in [0, 0.1) is 6.92 Å². The molecule has 0 saturated heterocycles. The van der Waals surface area contributed by atoms with Crippen molar-refractivity contribution in [3.8, 4) is 0 Å². The highest BCUT2D eigenvalue weighted by atomic mass is 35.5. The smallest absolute Gasteiger partial charge is 0.258 e. The summed E-state index contributed by atoms with van der Waals surface area (Å²) in [6.45, 7) is 1.92. The zero-order valence-corrected chi connectivity index (χ0v) is 10.5. The maximum atomic E-state index is 12.0. The van der Waals surface area contributed by atoms with Gasteiger partial charge in [-0.25, -0.2) is 4.98 Å². The molecule has 0 aliphatic heterocycles. The molecular weight excluding hydrogens is 250 g/mol. The number of anilines is 2. The van der Waals surface area contributed by atoms with Crippen molar-refractivity contribution in [3.05, 3.63) is 52.7 Å². The normalized spacial score (nSPS) is 10.1. The molecule has 1 heterocycles. The second-order valence-electron chi connectivity index (χ2n) is 3.91. The summed E-state index contributed by atoms with van der Waals surface area (Å²) in [5, 5.41) is 3.17. The van der Waals surface area contributed by atoms with Crippen molar-refractivity contribution in [1.29, 1.82) is 0 Å². The number of carbonyl (C=O) groups excluding carboxylic acids is 1. The summed E-state index contributed by atoms with van der Waals surface area (Å²) in [5.74, 6) is 0.145. The number of halogens is 1. The lowest BCUT2D eigenvalue weighted by molar-refractivity contribution is 0.102. The van der Waals surface area contributed by atoms with Crippen LogP contribution in [0.5, 0.6) is 0 Å². The SMILES string of the molecule is Cc1ccc(C(=O)Nc2ccc(Cl)cn2)c(N)c1. The van der Waals surface area contributed by atoms with Crippen LogP contribution >= 0.6 is 11.6 Å². The number of nitrogens with two attached hydrogens (primary N) is 1. The lowest BCUT2D eigenvalue weighted by Crippen LogP contribution is -2.14. The van der Waals surface area contributed by atoms with Gasteiger partial charge < -0.3 is 11.1 Å². The minimum absolute atomic E-state index is 0.290. The summed E-state index contributed by atoms with van der Waals surface area (Å²) in [7, 11) is 0. The van der Waals surface area contributed by atoms with Crippen molar-refractivity contribution < 1.29 is 4.79 Å². The van der Waals surface area contributed by atoms with Crippen LogP contribution in [0.1, 0.15) is 15.9 Å². The van der Waals surface area contributed by atoms with E-state index >= 15 is 0 Å². The van der Waals surface area contributed by atoms with Crippen LogP contribution in [0.25, 0.3) is 0 Å². The van der Waals surface area contributed by atoms with E-state index in [0.717, 1.165) is 5.56 Å². The Morgan fingerprint density at radius 1 is 1.33 bits per heavy atom. The standard InChI is InChI=1S/C13H12ClN3O/c1-8-2-4-10(11(15)6-8)13(18)17-12-5-3-9(14)7-16-12/h2-7H,15H2,1H3,(H,16,17,18). The fourth-order valence-electron chi connectivity index (χ4n) is 1.52. The molecule has 5 heteroatoms. The molecule has 0 unspecified atom stereocenters. The number of nitrogens with one attached hydrogen (secondary N) is 1. The lowest BCUT2D eigenvalue weighted by Gasteiger charge is -2.07. The Hall–Kier alpha value is -2.07. The van der Waals surface area contributed by atoms with Gasteiger partial charge in [0.1, 0.15) is 5.82 Å². The molecule has 0 saturated carbocycles. The number of carbonyl (C=O) groups is 1. The summed E-state index contributed by atoms with van der Waals surface area (Å²) in [4.78, 5) is 16.0. The molecule has 1 aromatic carbocycles. The molecule has 0 fully saturated rings. The molecule has 92 valence electrons. The molecule has 0 atom stereocenters. The van der Waals surface area contributed by atoms with E-state index in [0.29, 0.717) is 22.1 Å². The van der Waals surface area contributed by atoms with Crippen LogP contribution in [0.15, 0.2) is 36.5 Å². The van der Waals surface area contributed by atoms with Crippen LogP contribution in [-0.2, 0) is 0 Å². The predicted molar refractivity (Wildman–Crippen MR) is 72.8 cm³/mol. The molecule has 1 amide bonds. The number of pyridine rings is 1. The Balaban J connectivity index is 2.19. The Morgan fingerprint density at radius 3 is 2.72 bits per heavy atom. The molecule has 2 rings (SSSR count). The first-order valence-electron chi connectivity index (χ1n) is 5.35. The third kappa shape index (κ3) is 2.78. The van der Waals surface area contributed by atoms with Crippen molar-refractivity contribution >= 4 is 29.0 Å². The number of amides is 1. The fourth-order valence-corrected chi connectivity index (χ4v) is 1.63. The molecule has 0 aliphatic rings. The zero-order chi connectivity index (χ0) is 13.1. The average molecular weight is 262 g/mol. The van der Waals surface area contributed by atoms with Gasteiger partial charge in [0.2, 0.25) is 0 Å². The highest BCUT2D eigenvalue weighted by Gasteiger charge is 2.10. The number of aromatic nitrogens is 1. The quantitative estimate of drug-likeness (QED) is 0.817. The largest absolute Gasteiger partial charge is 0.398 e. The summed E-state index contributed by atoms with van der Waals surface area (Å²) in [6.07, 6.45) is 1.47. The zero-order valence-electron chi connectivity index (χ0n) is 9.77. The Bertz CT molecular complexity index is 581. The number of hydrogen-bond acceptors (Lipinski definition) is 3. The second kappa shape index (κ2) is 5.06. The van der Waals surface area contributed by atoms with Gasteiger partial charge in [0.05, 0.1) is 10.6 Å². The Morgan fingerprint density at radius 2 is 2.11 bits per heavy atom. The van der Waals surface area contributed by atoms with E-state index in [4.69, 9.17) is 17.3 Å². The summed E-state index contributed by atoms with van der Waals surface area (Å²) < 4.78 is 0. The van der Waals surface area contributed by atoms with Crippen LogP contribution in [0.2, 0.25) is 5.02 Å². The van der Waals surface area contributed by atoms with Gasteiger partial charge in [0.25, 0.3) is 5.91 Å². The summed E-state index contributed by atoms with van der Waals surface area (Å²) >= 11 is 5.71. The summed E-state index contributed by atoms with van der Waals surface area (Å²) in [6, 6.07) is 8.56. The van der Waals surface area contributed by atoms with E-state index < -0.39 is 0 Å². The number of nitrogen functional groups attached to an aromatic ring is 1. The first-order chi connectivity index (χ1) is 8.56. The molecule has 0 radical (unpaired) electrons. The van der Waals surface area contributed by atoms with Gasteiger partial charge in [0.15, 0.2) is 0 Å². The summed E-state index contributed by atoms with van der Waals surface area (Å²) in [5.41, 5.74) is 7.68. The van der Waals surface area contributed by atoms with E-state index in [1.165, 1.54) is 6.20 Å². The maximum absolute atomic E-state index is 12.0. The van der Waals surface area contributed by atoms with E-state index in [1.807, 2.05) is 13.0 Å². The molecule has 0 spiro atoms. The predicted octanol–water partition coefficient (Wildman–Crippen LogP) is 2.88. The van der Waals surface area contributed by atoms with Crippen LogP contribution < -0.4 is 11.1 Å². The maximum Gasteiger partial charge on any atom is 0.258 e. The van der Waals surface area contributed by atoms with Gasteiger partial charge in [-0.05, 0) is 36.8 Å². The van der Waals surface area contributed by atoms with E-state index in [-0.39, 0.29) is 5.91 Å². The third-order valence-electron chi connectivity index (χ3n) is 2.42. The number of hydrogen-bond donors (Lipinski definition) is 2. The Kier molecular flexibility index (Phi) is 3.48. The number of aryl methyl sites for hydroxylation is 1. The molecule has 18 heavy (non-hydrogen) atoms. The molecule has 3 N–H and O–H groups in total. The first kappa shape index (κ1) is 12.4. The highest BCUT2D eigenvalue weighted by molar-refractivity contribution is 6.30. The van der Waals surface area contributed by atoms with Gasteiger partial charge in [-0.3, -0.25) is 4.79 Å². The third-order valence-corrected chi connectivity index (χ3v) is 2.64. The van der Waals surface area contributed by atoms with Crippen molar-refractivity contribution in [1.82, 2.24) is 4.98 Å². The fraction of sp³-hybridized carbons (Fsp3) is 0.0769. The average Bonchev–Trinajstić information content (AvgIpc) is 2.32. The van der Waals surface area contributed by atoms with Gasteiger partial charge >= 0.3 is 0 Å². The van der Waals surface area contributed by atoms with Crippen molar-refractivity contribution in [3.63, 3.8) is 0 Å². The molecule has 4 nitrogen and oxygen atoms in total. The van der Waals surface area contributed by atoms with Gasteiger partial charge in [-0.2, -0.15) is 0 Å². The monoisotopic (exact) mass is 261 g/mol. The van der Waals surface area contributed by atoms with E-state index in [1.54, 1.807) is 24.3 Å². The molecule has 1 aromatic heterocycles. The van der Waals surface area contributed by atoms with Crippen molar-refractivity contribution in [2.45, 2.75) is 6.92 Å². The van der Waals surface area contributed by atoms with Crippen molar-refractivity contribution in [2.24, 2.45) is 0 Å². The Labute approximate surface area is 110 Å². The van der Waals surface area contributed by atoms with Gasteiger partial charge in [-0.15, -0.1) is 0 Å². The number of benzene rings is 1. The van der Waals surface area contributed by atoms with Gasteiger partial charge in [-0.1, -0.05) is 17.7 Å². The van der Waals surface area contributed by atoms with E-state index in [2.05, 4.69) is 10.3 Å². The van der Waals surface area contributed by atoms with Crippen LogP contribution in [-0.4, -0.2) is 10.9 Å². The minimum atomic E-state index is -0.290. The van der Waals surface area contributed by atoms with Crippen molar-refractivity contribution in [2.75, 3.05) is 11.1 Å². The topological polar surface area (TPSA) is 68.0 Å². The molecule has 0 bridgehead atoms. The van der Waals surface area contributed by atoms with Crippen LogP contribution in [0.3, 0.4) is 0 Å². The lowest BCUT2D eigenvalue weighted by atomic mass is 10.1. The number of nitrogens with zero attached hydrogens (tertiary/aromatic N) is 1. The second-order valence-corrected chi connectivity index (χ2v) is 4.34. The first-order valence-corrected chi connectivity index (χ1v) is 5.73. The highest BCUT2D eigenvalue weighted by Crippen LogP contribution is 2.16. The molecule has 2 aromatic rings. The van der Waals surface area contributed by atoms with E-state index in [9.17, 15) is 4.79 Å².